The maximum absolute atomic E-state index is 11.8. The number of hydrogen-bond donors (Lipinski definition) is 1. The molecule has 0 aliphatic carbocycles. The van der Waals surface area contributed by atoms with Crippen molar-refractivity contribution in [1.29, 1.82) is 0 Å². The lowest BCUT2D eigenvalue weighted by Gasteiger charge is -2.26. The molecule has 0 radical (unpaired) electrons. The molecule has 0 atom stereocenters. The highest BCUT2D eigenvalue weighted by molar-refractivity contribution is 5.89. The van der Waals surface area contributed by atoms with Crippen LogP contribution in [-0.4, -0.2) is 24.7 Å². The van der Waals surface area contributed by atoms with Crippen LogP contribution in [0.15, 0.2) is 30.3 Å². The third-order valence-corrected chi connectivity index (χ3v) is 2.56. The van der Waals surface area contributed by atoms with Crippen molar-refractivity contribution < 1.29 is 9.53 Å². The van der Waals surface area contributed by atoms with Crippen LogP contribution in [0, 0.1) is 5.92 Å². The minimum absolute atomic E-state index is 0.200. The molecule has 0 fully saturated rings. The van der Waals surface area contributed by atoms with Gasteiger partial charge in [0.2, 0.25) is 0 Å². The maximum Gasteiger partial charge on any atom is 0.338 e. The summed E-state index contributed by atoms with van der Waals surface area (Å²) in [6.07, 6.45) is 0. The molecule has 100 valence electrons. The molecule has 18 heavy (non-hydrogen) atoms. The van der Waals surface area contributed by atoms with E-state index in [1.807, 2.05) is 32.0 Å². The second-order valence-corrected chi connectivity index (χ2v) is 5.60. The molecule has 0 spiro atoms. The van der Waals surface area contributed by atoms with Crippen LogP contribution in [0.1, 0.15) is 38.1 Å². The van der Waals surface area contributed by atoms with E-state index in [1.165, 1.54) is 0 Å². The van der Waals surface area contributed by atoms with E-state index in [2.05, 4.69) is 19.2 Å². The van der Waals surface area contributed by atoms with Crippen molar-refractivity contribution in [2.24, 2.45) is 5.92 Å². The van der Waals surface area contributed by atoms with Crippen LogP contribution in [0.2, 0.25) is 0 Å². The van der Waals surface area contributed by atoms with E-state index < -0.39 is 0 Å². The minimum Gasteiger partial charge on any atom is -0.460 e. The summed E-state index contributed by atoms with van der Waals surface area (Å²) in [4.78, 5) is 11.8. The second kappa shape index (κ2) is 6.55. The van der Waals surface area contributed by atoms with Crippen molar-refractivity contribution in [3.63, 3.8) is 0 Å². The van der Waals surface area contributed by atoms with Gasteiger partial charge in [0.15, 0.2) is 0 Å². The molecule has 1 rings (SSSR count). The molecular weight excluding hydrogens is 226 g/mol. The van der Waals surface area contributed by atoms with Gasteiger partial charge in [-0.1, -0.05) is 32.0 Å². The molecule has 0 bridgehead atoms. The summed E-state index contributed by atoms with van der Waals surface area (Å²) >= 11 is 0. The van der Waals surface area contributed by atoms with Gasteiger partial charge in [-0.3, -0.25) is 0 Å². The fourth-order valence-corrected chi connectivity index (χ4v) is 1.43. The monoisotopic (exact) mass is 249 g/mol. The summed E-state index contributed by atoms with van der Waals surface area (Å²) in [5.74, 6) is 0.309. The fourth-order valence-electron chi connectivity index (χ4n) is 1.43. The van der Waals surface area contributed by atoms with Gasteiger partial charge in [-0.05, 0) is 38.4 Å². The molecule has 3 nitrogen and oxygen atoms in total. The normalized spacial score (nSPS) is 11.6. The molecule has 0 saturated heterocycles. The third kappa shape index (κ3) is 5.32. The first kappa shape index (κ1) is 14.7. The molecule has 1 aromatic carbocycles. The zero-order chi connectivity index (χ0) is 13.6. The first-order valence-corrected chi connectivity index (χ1v) is 6.38. The molecule has 0 amide bonds. The van der Waals surface area contributed by atoms with Crippen LogP contribution in [-0.2, 0) is 4.74 Å². The van der Waals surface area contributed by atoms with Crippen molar-refractivity contribution in [2.45, 2.75) is 33.2 Å². The Morgan fingerprint density at radius 3 is 2.44 bits per heavy atom. The van der Waals surface area contributed by atoms with Crippen LogP contribution >= 0.6 is 0 Å². The first-order chi connectivity index (χ1) is 8.41. The Morgan fingerprint density at radius 1 is 1.28 bits per heavy atom. The lowest BCUT2D eigenvalue weighted by molar-refractivity contribution is 0.0398. The van der Waals surface area contributed by atoms with Crippen LogP contribution in [0.5, 0.6) is 0 Å². The maximum atomic E-state index is 11.8. The first-order valence-electron chi connectivity index (χ1n) is 6.38. The quantitative estimate of drug-likeness (QED) is 0.788. The molecule has 0 aromatic heterocycles. The zero-order valence-electron chi connectivity index (χ0n) is 11.7. The van der Waals surface area contributed by atoms with Gasteiger partial charge in [0.05, 0.1) is 5.56 Å². The largest absolute Gasteiger partial charge is 0.460 e. The average Bonchev–Trinajstić information content (AvgIpc) is 2.35. The SMILES string of the molecule is CC(C)CNC(C)(C)COC(=O)c1ccccc1. The van der Waals surface area contributed by atoms with E-state index in [4.69, 9.17) is 4.74 Å². The Labute approximate surface area is 110 Å². The number of esters is 1. The Bertz CT molecular complexity index is 371. The highest BCUT2D eigenvalue weighted by Crippen LogP contribution is 2.07. The van der Waals surface area contributed by atoms with Crippen molar-refractivity contribution in [2.75, 3.05) is 13.2 Å². The summed E-state index contributed by atoms with van der Waals surface area (Å²) in [5.41, 5.74) is 0.395. The fraction of sp³-hybridized carbons (Fsp3) is 0.533. The summed E-state index contributed by atoms with van der Waals surface area (Å²) in [6, 6.07) is 9.07. The molecule has 0 aliphatic heterocycles. The van der Waals surface area contributed by atoms with Gasteiger partial charge in [-0.2, -0.15) is 0 Å². The Balaban J connectivity index is 2.42. The standard InChI is InChI=1S/C15H23NO2/c1-12(2)10-16-15(3,4)11-18-14(17)13-8-6-5-7-9-13/h5-9,12,16H,10-11H2,1-4H3. The predicted molar refractivity (Wildman–Crippen MR) is 73.6 cm³/mol. The van der Waals surface area contributed by atoms with Gasteiger partial charge < -0.3 is 10.1 Å². The third-order valence-electron chi connectivity index (χ3n) is 2.56. The van der Waals surface area contributed by atoms with Gasteiger partial charge >= 0.3 is 5.97 Å². The van der Waals surface area contributed by atoms with Crippen molar-refractivity contribution in [3.8, 4) is 0 Å². The number of ether oxygens (including phenoxy) is 1. The summed E-state index contributed by atoms with van der Waals surface area (Å²) in [6.45, 7) is 9.66. The molecule has 0 heterocycles. The van der Waals surface area contributed by atoms with Crippen molar-refractivity contribution in [1.82, 2.24) is 5.32 Å². The topological polar surface area (TPSA) is 38.3 Å². The number of carbonyl (C=O) groups excluding carboxylic acids is 1. The lowest BCUT2D eigenvalue weighted by atomic mass is 10.1. The molecule has 3 heteroatoms. The minimum atomic E-state index is -0.268. The average molecular weight is 249 g/mol. The number of carbonyl (C=O) groups is 1. The summed E-state index contributed by atoms with van der Waals surface area (Å²) in [7, 11) is 0. The summed E-state index contributed by atoms with van der Waals surface area (Å²) < 4.78 is 5.32. The highest BCUT2D eigenvalue weighted by atomic mass is 16.5. The van der Waals surface area contributed by atoms with Gasteiger partial charge in [-0.15, -0.1) is 0 Å². The predicted octanol–water partition coefficient (Wildman–Crippen LogP) is 2.87. The number of benzene rings is 1. The molecule has 0 saturated carbocycles. The number of rotatable bonds is 6. The van der Waals surface area contributed by atoms with Crippen molar-refractivity contribution >= 4 is 5.97 Å². The van der Waals surface area contributed by atoms with E-state index in [-0.39, 0.29) is 11.5 Å². The Kier molecular flexibility index (Phi) is 5.35. The van der Waals surface area contributed by atoms with E-state index in [1.54, 1.807) is 12.1 Å². The molecule has 0 unspecified atom stereocenters. The van der Waals surface area contributed by atoms with Crippen LogP contribution < -0.4 is 5.32 Å². The van der Waals surface area contributed by atoms with Gasteiger partial charge in [0.1, 0.15) is 6.61 Å². The number of nitrogens with one attached hydrogen (secondary N) is 1. The number of hydrogen-bond acceptors (Lipinski definition) is 3. The molecule has 1 aromatic rings. The van der Waals surface area contributed by atoms with Crippen LogP contribution in [0.25, 0.3) is 0 Å². The van der Waals surface area contributed by atoms with E-state index in [0.717, 1.165) is 6.54 Å². The second-order valence-electron chi connectivity index (χ2n) is 5.60. The van der Waals surface area contributed by atoms with Crippen molar-refractivity contribution in [3.05, 3.63) is 35.9 Å². The highest BCUT2D eigenvalue weighted by Gasteiger charge is 2.20. The lowest BCUT2D eigenvalue weighted by Crippen LogP contribution is -2.45. The summed E-state index contributed by atoms with van der Waals surface area (Å²) in [5, 5.41) is 3.39. The van der Waals surface area contributed by atoms with Gasteiger partial charge in [-0.25, -0.2) is 4.79 Å². The van der Waals surface area contributed by atoms with E-state index in [0.29, 0.717) is 18.1 Å². The van der Waals surface area contributed by atoms with E-state index in [9.17, 15) is 4.79 Å². The molecule has 1 N–H and O–H groups in total. The molecular formula is C15H23NO2. The van der Waals surface area contributed by atoms with Crippen LogP contribution in [0.4, 0.5) is 0 Å². The zero-order valence-corrected chi connectivity index (χ0v) is 11.7. The van der Waals surface area contributed by atoms with Gasteiger partial charge in [0.25, 0.3) is 0 Å². The van der Waals surface area contributed by atoms with E-state index >= 15 is 0 Å². The Hall–Kier alpha value is -1.35. The Morgan fingerprint density at radius 2 is 1.89 bits per heavy atom. The molecule has 0 aliphatic rings. The van der Waals surface area contributed by atoms with Gasteiger partial charge in [0, 0.05) is 5.54 Å². The smallest absolute Gasteiger partial charge is 0.338 e. The van der Waals surface area contributed by atoms with Crippen LogP contribution in [0.3, 0.4) is 0 Å².